The fraction of sp³-hybridized carbons (Fsp3) is 1.00. The Morgan fingerprint density at radius 2 is 2.06 bits per heavy atom. The van der Waals surface area contributed by atoms with Crippen LogP contribution in [-0.4, -0.2) is 49.3 Å². The summed E-state index contributed by atoms with van der Waals surface area (Å²) in [6, 6.07) is 1.18. The normalized spacial score (nSPS) is 31.3. The molecule has 3 heteroatoms. The first kappa shape index (κ1) is 13.9. The van der Waals surface area contributed by atoms with E-state index in [2.05, 4.69) is 44.8 Å². The summed E-state index contributed by atoms with van der Waals surface area (Å²) in [6.45, 7) is 15.4. The van der Waals surface area contributed by atoms with E-state index in [1.807, 2.05) is 0 Å². The zero-order chi connectivity index (χ0) is 12.1. The lowest BCUT2D eigenvalue weighted by Crippen LogP contribution is -2.54. The lowest BCUT2D eigenvalue weighted by atomic mass is 9.99. The van der Waals surface area contributed by atoms with Crippen molar-refractivity contribution in [1.82, 2.24) is 10.2 Å². The average molecular weight is 228 g/mol. The van der Waals surface area contributed by atoms with Gasteiger partial charge in [0.05, 0.1) is 12.7 Å². The molecule has 1 aliphatic rings. The highest BCUT2D eigenvalue weighted by Crippen LogP contribution is 2.19. The van der Waals surface area contributed by atoms with Crippen LogP contribution in [0, 0.1) is 5.92 Å². The molecule has 1 rings (SSSR count). The van der Waals surface area contributed by atoms with Gasteiger partial charge in [-0.25, -0.2) is 0 Å². The van der Waals surface area contributed by atoms with Crippen LogP contribution in [-0.2, 0) is 4.74 Å². The molecule has 0 saturated carbocycles. The molecule has 16 heavy (non-hydrogen) atoms. The van der Waals surface area contributed by atoms with Crippen LogP contribution < -0.4 is 5.32 Å². The summed E-state index contributed by atoms with van der Waals surface area (Å²) in [5.74, 6) is 0.688. The highest BCUT2D eigenvalue weighted by atomic mass is 16.5. The first-order chi connectivity index (χ1) is 7.56. The van der Waals surface area contributed by atoms with E-state index in [0.29, 0.717) is 24.1 Å². The van der Waals surface area contributed by atoms with Gasteiger partial charge in [-0.05, 0) is 39.8 Å². The molecule has 0 aromatic heterocycles. The Morgan fingerprint density at radius 1 is 1.38 bits per heavy atom. The third-order valence-corrected chi connectivity index (χ3v) is 3.72. The highest BCUT2D eigenvalue weighted by Gasteiger charge is 2.29. The first-order valence-electron chi connectivity index (χ1n) is 6.64. The molecule has 96 valence electrons. The maximum atomic E-state index is 5.67. The third kappa shape index (κ3) is 3.72. The van der Waals surface area contributed by atoms with E-state index in [0.717, 1.165) is 26.2 Å². The van der Waals surface area contributed by atoms with Gasteiger partial charge in [0.15, 0.2) is 0 Å². The van der Waals surface area contributed by atoms with E-state index in [1.54, 1.807) is 0 Å². The van der Waals surface area contributed by atoms with Crippen molar-refractivity contribution in [2.75, 3.05) is 26.2 Å². The van der Waals surface area contributed by atoms with Gasteiger partial charge in [0.2, 0.25) is 0 Å². The van der Waals surface area contributed by atoms with E-state index in [9.17, 15) is 0 Å². The molecule has 1 heterocycles. The maximum Gasteiger partial charge on any atom is 0.0674 e. The van der Waals surface area contributed by atoms with Crippen molar-refractivity contribution in [2.45, 2.75) is 52.8 Å². The van der Waals surface area contributed by atoms with Crippen LogP contribution in [0.5, 0.6) is 0 Å². The smallest absolute Gasteiger partial charge is 0.0674 e. The zero-order valence-electron chi connectivity index (χ0n) is 11.5. The van der Waals surface area contributed by atoms with Crippen molar-refractivity contribution in [3.63, 3.8) is 0 Å². The van der Waals surface area contributed by atoms with Crippen LogP contribution >= 0.6 is 0 Å². The standard InChI is InChI=1S/C13H28N2O/c1-6-14-7-10(2)13(5)15-8-12(4)16-9-11(15)3/h10-14H,6-9H2,1-5H3. The van der Waals surface area contributed by atoms with Crippen LogP contribution in [0.2, 0.25) is 0 Å². The summed E-state index contributed by atoms with van der Waals surface area (Å²) >= 11 is 0. The largest absolute Gasteiger partial charge is 0.376 e. The van der Waals surface area contributed by atoms with Gasteiger partial charge < -0.3 is 10.1 Å². The SMILES string of the molecule is CCNCC(C)C(C)N1CC(C)OCC1C. The Hall–Kier alpha value is -0.120. The lowest BCUT2D eigenvalue weighted by Gasteiger charge is -2.42. The molecule has 1 fully saturated rings. The Kier molecular flexibility index (Phi) is 5.73. The Labute approximate surface area is 101 Å². The fourth-order valence-electron chi connectivity index (χ4n) is 2.37. The van der Waals surface area contributed by atoms with Crippen molar-refractivity contribution in [1.29, 1.82) is 0 Å². The van der Waals surface area contributed by atoms with Gasteiger partial charge in [-0.15, -0.1) is 0 Å². The second-order valence-corrected chi connectivity index (χ2v) is 5.22. The van der Waals surface area contributed by atoms with E-state index < -0.39 is 0 Å². The summed E-state index contributed by atoms with van der Waals surface area (Å²) in [5, 5.41) is 3.44. The molecule has 0 amide bonds. The molecular formula is C13H28N2O. The van der Waals surface area contributed by atoms with Crippen molar-refractivity contribution >= 4 is 0 Å². The third-order valence-electron chi connectivity index (χ3n) is 3.72. The van der Waals surface area contributed by atoms with Crippen LogP contribution in [0.3, 0.4) is 0 Å². The van der Waals surface area contributed by atoms with Gasteiger partial charge in [-0.1, -0.05) is 13.8 Å². The fourth-order valence-corrected chi connectivity index (χ4v) is 2.37. The monoisotopic (exact) mass is 228 g/mol. The van der Waals surface area contributed by atoms with Gasteiger partial charge >= 0.3 is 0 Å². The molecule has 0 aliphatic carbocycles. The van der Waals surface area contributed by atoms with E-state index >= 15 is 0 Å². The van der Waals surface area contributed by atoms with E-state index in [-0.39, 0.29) is 0 Å². The van der Waals surface area contributed by atoms with Gasteiger partial charge in [0.25, 0.3) is 0 Å². The van der Waals surface area contributed by atoms with Crippen molar-refractivity contribution in [3.05, 3.63) is 0 Å². The Morgan fingerprint density at radius 3 is 2.69 bits per heavy atom. The molecule has 0 aromatic carbocycles. The molecule has 0 bridgehead atoms. The number of nitrogens with one attached hydrogen (secondary N) is 1. The van der Waals surface area contributed by atoms with E-state index in [1.165, 1.54) is 0 Å². The van der Waals surface area contributed by atoms with Crippen LogP contribution in [0.15, 0.2) is 0 Å². The van der Waals surface area contributed by atoms with Crippen LogP contribution in [0.4, 0.5) is 0 Å². The molecule has 0 aromatic rings. The van der Waals surface area contributed by atoms with Gasteiger partial charge in [0.1, 0.15) is 0 Å². The minimum atomic E-state index is 0.380. The number of rotatable bonds is 5. The molecule has 0 spiro atoms. The van der Waals surface area contributed by atoms with E-state index in [4.69, 9.17) is 4.74 Å². The number of hydrogen-bond acceptors (Lipinski definition) is 3. The molecule has 4 unspecified atom stereocenters. The molecule has 1 aliphatic heterocycles. The topological polar surface area (TPSA) is 24.5 Å². The Balaban J connectivity index is 2.46. The summed E-state index contributed by atoms with van der Waals surface area (Å²) < 4.78 is 5.67. The van der Waals surface area contributed by atoms with Gasteiger partial charge in [0, 0.05) is 18.6 Å². The number of ether oxygens (including phenoxy) is 1. The van der Waals surface area contributed by atoms with Crippen LogP contribution in [0.1, 0.15) is 34.6 Å². The average Bonchev–Trinajstić information content (AvgIpc) is 2.28. The maximum absolute atomic E-state index is 5.67. The van der Waals surface area contributed by atoms with Crippen molar-refractivity contribution in [3.8, 4) is 0 Å². The predicted octanol–water partition coefficient (Wildman–Crippen LogP) is 1.73. The number of nitrogens with zero attached hydrogens (tertiary/aromatic N) is 1. The predicted molar refractivity (Wildman–Crippen MR) is 68.8 cm³/mol. The highest BCUT2D eigenvalue weighted by molar-refractivity contribution is 4.83. The minimum Gasteiger partial charge on any atom is -0.376 e. The summed E-state index contributed by atoms with van der Waals surface area (Å²) in [6.07, 6.45) is 0.380. The summed E-state index contributed by atoms with van der Waals surface area (Å²) in [5.41, 5.74) is 0. The molecule has 1 saturated heterocycles. The zero-order valence-corrected chi connectivity index (χ0v) is 11.5. The van der Waals surface area contributed by atoms with Crippen molar-refractivity contribution < 1.29 is 4.74 Å². The molecule has 3 nitrogen and oxygen atoms in total. The molecule has 1 N–H and O–H groups in total. The Bertz CT molecular complexity index is 198. The second-order valence-electron chi connectivity index (χ2n) is 5.22. The van der Waals surface area contributed by atoms with Gasteiger partial charge in [-0.3, -0.25) is 4.90 Å². The number of morpholine rings is 1. The summed E-state index contributed by atoms with van der Waals surface area (Å²) in [4.78, 5) is 2.59. The second kappa shape index (κ2) is 6.58. The van der Waals surface area contributed by atoms with Crippen molar-refractivity contribution in [2.24, 2.45) is 5.92 Å². The quantitative estimate of drug-likeness (QED) is 0.775. The lowest BCUT2D eigenvalue weighted by molar-refractivity contribution is -0.0706. The minimum absolute atomic E-state index is 0.380. The van der Waals surface area contributed by atoms with Crippen LogP contribution in [0.25, 0.3) is 0 Å². The molecular weight excluding hydrogens is 200 g/mol. The molecule has 4 atom stereocenters. The number of hydrogen-bond donors (Lipinski definition) is 1. The first-order valence-corrected chi connectivity index (χ1v) is 6.64. The molecule has 0 radical (unpaired) electrons. The summed E-state index contributed by atoms with van der Waals surface area (Å²) in [7, 11) is 0. The van der Waals surface area contributed by atoms with Gasteiger partial charge in [-0.2, -0.15) is 0 Å².